The number of amides is 1. The van der Waals surface area contributed by atoms with Crippen LogP contribution in [-0.4, -0.2) is 35.9 Å². The predicted molar refractivity (Wildman–Crippen MR) is 113 cm³/mol. The quantitative estimate of drug-likeness (QED) is 0.133. The number of hydrogen-bond acceptors (Lipinski definition) is 6. The molecular weight excluding hydrogens is 456 g/mol. The summed E-state index contributed by atoms with van der Waals surface area (Å²) in [7, 11) is 0. The molecule has 0 spiro atoms. The van der Waals surface area contributed by atoms with E-state index in [1.807, 2.05) is 18.2 Å². The maximum atomic E-state index is 12.6. The SMILES string of the molecule is [N-]=[N+]=NCCC[C@@H](O)[C@H](NC(=O)OCc1ccccc1)C(=O)Oc1ccc(Br)cc1. The molecule has 2 aromatic rings. The number of carbonyl (C=O) groups excluding carboxylic acids is 2. The van der Waals surface area contributed by atoms with E-state index in [0.717, 1.165) is 10.0 Å². The molecule has 2 atom stereocenters. The van der Waals surface area contributed by atoms with Crippen molar-refractivity contribution in [2.24, 2.45) is 5.11 Å². The van der Waals surface area contributed by atoms with Gasteiger partial charge in [0.25, 0.3) is 0 Å². The summed E-state index contributed by atoms with van der Waals surface area (Å²) >= 11 is 3.29. The van der Waals surface area contributed by atoms with Gasteiger partial charge in [0.1, 0.15) is 12.4 Å². The molecule has 10 heteroatoms. The van der Waals surface area contributed by atoms with Crippen LogP contribution in [0.5, 0.6) is 5.75 Å². The fourth-order valence-corrected chi connectivity index (χ4v) is 2.73. The number of alkyl carbamates (subject to hydrolysis) is 1. The lowest BCUT2D eigenvalue weighted by atomic mass is 10.1. The Morgan fingerprint density at radius 3 is 2.53 bits per heavy atom. The summed E-state index contributed by atoms with van der Waals surface area (Å²) in [6.45, 7) is 0.161. The second-order valence-corrected chi connectivity index (χ2v) is 7.14. The molecule has 158 valence electrons. The lowest BCUT2D eigenvalue weighted by molar-refractivity contribution is -0.139. The molecule has 2 rings (SSSR count). The van der Waals surface area contributed by atoms with Crippen molar-refractivity contribution in [3.8, 4) is 5.75 Å². The molecule has 2 aromatic carbocycles. The summed E-state index contributed by atoms with van der Waals surface area (Å²) in [4.78, 5) is 27.4. The third kappa shape index (κ3) is 8.12. The smallest absolute Gasteiger partial charge is 0.408 e. The Balaban J connectivity index is 2.00. The molecule has 0 bridgehead atoms. The molecule has 1 amide bonds. The minimum atomic E-state index is -1.36. The van der Waals surface area contributed by atoms with Gasteiger partial charge < -0.3 is 19.9 Å². The highest BCUT2D eigenvalue weighted by molar-refractivity contribution is 9.10. The van der Waals surface area contributed by atoms with Gasteiger partial charge >= 0.3 is 12.1 Å². The Kier molecular flexibility index (Phi) is 9.66. The van der Waals surface area contributed by atoms with Crippen LogP contribution in [0.25, 0.3) is 10.4 Å². The second-order valence-electron chi connectivity index (χ2n) is 6.22. The van der Waals surface area contributed by atoms with Crippen molar-refractivity contribution in [3.63, 3.8) is 0 Å². The molecule has 0 fully saturated rings. The van der Waals surface area contributed by atoms with E-state index in [9.17, 15) is 14.7 Å². The number of aliphatic hydroxyl groups is 1. The fraction of sp³-hybridized carbons (Fsp3) is 0.300. The summed E-state index contributed by atoms with van der Waals surface area (Å²) in [5.41, 5.74) is 9.10. The molecule has 9 nitrogen and oxygen atoms in total. The number of benzene rings is 2. The summed E-state index contributed by atoms with van der Waals surface area (Å²) in [6, 6.07) is 14.2. The highest BCUT2D eigenvalue weighted by Crippen LogP contribution is 2.17. The lowest BCUT2D eigenvalue weighted by Gasteiger charge is -2.22. The van der Waals surface area contributed by atoms with Crippen LogP contribution in [0.2, 0.25) is 0 Å². The van der Waals surface area contributed by atoms with E-state index >= 15 is 0 Å². The van der Waals surface area contributed by atoms with Crippen LogP contribution in [0.4, 0.5) is 4.79 Å². The van der Waals surface area contributed by atoms with Crippen molar-refractivity contribution in [3.05, 3.63) is 75.1 Å². The zero-order chi connectivity index (χ0) is 21.8. The third-order valence-corrected chi connectivity index (χ3v) is 4.51. The number of rotatable bonds is 10. The Morgan fingerprint density at radius 2 is 1.87 bits per heavy atom. The summed E-state index contributed by atoms with van der Waals surface area (Å²) < 4.78 is 11.2. The molecule has 30 heavy (non-hydrogen) atoms. The van der Waals surface area contributed by atoms with Crippen molar-refractivity contribution in [1.29, 1.82) is 0 Å². The largest absolute Gasteiger partial charge is 0.445 e. The average Bonchev–Trinajstić information content (AvgIpc) is 2.75. The monoisotopic (exact) mass is 476 g/mol. The van der Waals surface area contributed by atoms with Crippen LogP contribution >= 0.6 is 15.9 Å². The second kappa shape index (κ2) is 12.5. The summed E-state index contributed by atoms with van der Waals surface area (Å²) in [5, 5.41) is 16.2. The van der Waals surface area contributed by atoms with Gasteiger partial charge in [-0.3, -0.25) is 0 Å². The summed E-state index contributed by atoms with van der Waals surface area (Å²) in [6.07, 6.45) is -1.69. The van der Waals surface area contributed by atoms with Crippen molar-refractivity contribution in [1.82, 2.24) is 5.32 Å². The van der Waals surface area contributed by atoms with E-state index in [1.54, 1.807) is 36.4 Å². The minimum Gasteiger partial charge on any atom is -0.445 e. The fourth-order valence-electron chi connectivity index (χ4n) is 2.47. The van der Waals surface area contributed by atoms with Gasteiger partial charge in [0, 0.05) is 15.9 Å². The van der Waals surface area contributed by atoms with E-state index in [1.165, 1.54) is 0 Å². The molecule has 0 heterocycles. The first-order valence-electron chi connectivity index (χ1n) is 9.13. The topological polar surface area (TPSA) is 134 Å². The first-order chi connectivity index (χ1) is 14.5. The Hall–Kier alpha value is -3.07. The molecule has 0 aliphatic rings. The van der Waals surface area contributed by atoms with Gasteiger partial charge in [-0.05, 0) is 48.2 Å². The van der Waals surface area contributed by atoms with E-state index in [0.29, 0.717) is 6.42 Å². The van der Waals surface area contributed by atoms with Crippen molar-refractivity contribution in [2.75, 3.05) is 6.54 Å². The van der Waals surface area contributed by atoms with Crippen molar-refractivity contribution >= 4 is 28.0 Å². The molecular formula is C20H21BrN4O5. The normalized spacial score (nSPS) is 12.2. The van der Waals surface area contributed by atoms with Gasteiger partial charge in [-0.1, -0.05) is 51.4 Å². The Morgan fingerprint density at radius 1 is 1.17 bits per heavy atom. The van der Waals surface area contributed by atoms with E-state index in [4.69, 9.17) is 15.0 Å². The lowest BCUT2D eigenvalue weighted by Crippen LogP contribution is -2.50. The first kappa shape index (κ1) is 23.2. The van der Waals surface area contributed by atoms with Crippen molar-refractivity contribution in [2.45, 2.75) is 31.6 Å². The van der Waals surface area contributed by atoms with Crippen LogP contribution in [0, 0.1) is 0 Å². The average molecular weight is 477 g/mol. The van der Waals surface area contributed by atoms with Gasteiger partial charge in [-0.2, -0.15) is 0 Å². The number of ether oxygens (including phenoxy) is 2. The number of carbonyl (C=O) groups is 2. The molecule has 2 N–H and O–H groups in total. The number of nitrogens with zero attached hydrogens (tertiary/aromatic N) is 3. The van der Waals surface area contributed by atoms with Crippen LogP contribution in [0.15, 0.2) is 64.2 Å². The maximum Gasteiger partial charge on any atom is 0.408 e. The van der Waals surface area contributed by atoms with Crippen molar-refractivity contribution < 1.29 is 24.2 Å². The highest BCUT2D eigenvalue weighted by atomic mass is 79.9. The molecule has 0 aromatic heterocycles. The number of esters is 1. The van der Waals surface area contributed by atoms with E-state index in [-0.39, 0.29) is 25.3 Å². The Labute approximate surface area is 181 Å². The molecule has 0 aliphatic heterocycles. The van der Waals surface area contributed by atoms with E-state index in [2.05, 4.69) is 31.3 Å². The predicted octanol–water partition coefficient (Wildman–Crippen LogP) is 4.10. The molecule has 0 saturated carbocycles. The van der Waals surface area contributed by atoms with Gasteiger partial charge in [0.2, 0.25) is 0 Å². The third-order valence-electron chi connectivity index (χ3n) is 3.98. The van der Waals surface area contributed by atoms with E-state index < -0.39 is 24.2 Å². The van der Waals surface area contributed by atoms with Crippen LogP contribution in [-0.2, 0) is 16.1 Å². The number of nitrogens with one attached hydrogen (secondary N) is 1. The number of aliphatic hydroxyl groups excluding tert-OH is 1. The highest BCUT2D eigenvalue weighted by Gasteiger charge is 2.30. The summed E-state index contributed by atoms with van der Waals surface area (Å²) in [5.74, 6) is -0.584. The molecule has 0 aliphatic carbocycles. The maximum absolute atomic E-state index is 12.6. The zero-order valence-electron chi connectivity index (χ0n) is 16.0. The van der Waals surface area contributed by atoms with Gasteiger partial charge in [0.15, 0.2) is 6.04 Å². The first-order valence-corrected chi connectivity index (χ1v) is 9.92. The number of halogens is 1. The minimum absolute atomic E-state index is 0.00807. The standard InChI is InChI=1S/C20H21BrN4O5/c21-15-8-10-16(11-9-15)30-19(27)18(17(26)7-4-12-23-25-22)24-20(28)29-13-14-5-2-1-3-6-14/h1-3,5-6,8-11,17-18,26H,4,7,12-13H2,(H,24,28)/t17-,18+/m1/s1. The number of azide groups is 1. The molecule has 0 saturated heterocycles. The van der Waals surface area contributed by atoms with Crippen LogP contribution in [0.1, 0.15) is 18.4 Å². The number of hydrogen-bond donors (Lipinski definition) is 2. The van der Waals surface area contributed by atoms with Gasteiger partial charge in [-0.25, -0.2) is 9.59 Å². The zero-order valence-corrected chi connectivity index (χ0v) is 17.6. The van der Waals surface area contributed by atoms with Gasteiger partial charge in [0.05, 0.1) is 6.10 Å². The molecule has 0 radical (unpaired) electrons. The van der Waals surface area contributed by atoms with Gasteiger partial charge in [-0.15, -0.1) is 0 Å². The Bertz CT molecular complexity index is 873. The molecule has 0 unspecified atom stereocenters. The van der Waals surface area contributed by atoms with Crippen LogP contribution < -0.4 is 10.1 Å². The van der Waals surface area contributed by atoms with Crippen LogP contribution in [0.3, 0.4) is 0 Å².